The zero-order valence-corrected chi connectivity index (χ0v) is 10.3. The molecule has 2 aromatic rings. The van der Waals surface area contributed by atoms with Crippen LogP contribution in [0.2, 0.25) is 0 Å². The van der Waals surface area contributed by atoms with Gasteiger partial charge in [0, 0.05) is 6.26 Å². The minimum absolute atomic E-state index is 0.115. The molecule has 0 atom stereocenters. The number of sulfone groups is 1. The minimum atomic E-state index is -3.40. The quantitative estimate of drug-likeness (QED) is 0.859. The van der Waals surface area contributed by atoms with Gasteiger partial charge >= 0.3 is 0 Å². The Balaban J connectivity index is 2.73. The average molecular weight is 262 g/mol. The van der Waals surface area contributed by atoms with Crippen LogP contribution in [0.1, 0.15) is 5.56 Å². The predicted octanol–water partition coefficient (Wildman–Crippen LogP) is 0.730. The van der Waals surface area contributed by atoms with Gasteiger partial charge in [-0.15, -0.1) is 0 Å². The molecule has 0 saturated carbocycles. The highest BCUT2D eigenvalue weighted by atomic mass is 32.2. The molecule has 0 aliphatic carbocycles. The van der Waals surface area contributed by atoms with E-state index in [-0.39, 0.29) is 16.3 Å². The highest BCUT2D eigenvalue weighted by molar-refractivity contribution is 7.90. The number of rotatable bonds is 2. The summed E-state index contributed by atoms with van der Waals surface area (Å²) in [4.78, 5) is 0.115. The van der Waals surface area contributed by atoms with Crippen molar-refractivity contribution in [1.29, 1.82) is 5.26 Å². The molecule has 1 aromatic heterocycles. The highest BCUT2D eigenvalue weighted by Gasteiger charge is 2.17. The third-order valence-electron chi connectivity index (χ3n) is 2.42. The summed E-state index contributed by atoms with van der Waals surface area (Å²) in [5.74, 6) is 0.119. The Morgan fingerprint density at radius 1 is 1.39 bits per heavy atom. The summed E-state index contributed by atoms with van der Waals surface area (Å²) in [6.07, 6.45) is 2.41. The Morgan fingerprint density at radius 2 is 2.06 bits per heavy atom. The molecule has 0 amide bonds. The van der Waals surface area contributed by atoms with E-state index in [0.717, 1.165) is 6.26 Å². The van der Waals surface area contributed by atoms with Crippen molar-refractivity contribution in [2.24, 2.45) is 0 Å². The Bertz CT molecular complexity index is 741. The molecule has 1 aromatic carbocycles. The molecule has 92 valence electrons. The number of benzene rings is 1. The van der Waals surface area contributed by atoms with Crippen molar-refractivity contribution in [3.8, 4) is 11.8 Å². The fraction of sp³-hybridized carbons (Fsp3) is 0.0909. The van der Waals surface area contributed by atoms with E-state index in [9.17, 15) is 8.42 Å². The van der Waals surface area contributed by atoms with Gasteiger partial charge in [0.25, 0.3) is 0 Å². The monoisotopic (exact) mass is 262 g/mol. The van der Waals surface area contributed by atoms with Crippen molar-refractivity contribution >= 4 is 15.7 Å². The van der Waals surface area contributed by atoms with Crippen LogP contribution in [0.4, 0.5) is 5.82 Å². The third-order valence-corrected chi connectivity index (χ3v) is 3.56. The molecule has 0 saturated heterocycles. The largest absolute Gasteiger partial charge is 0.382 e. The summed E-state index contributed by atoms with van der Waals surface area (Å²) in [6.45, 7) is 0. The van der Waals surface area contributed by atoms with Crippen LogP contribution in [-0.4, -0.2) is 24.5 Å². The van der Waals surface area contributed by atoms with Crippen LogP contribution in [-0.2, 0) is 9.84 Å². The van der Waals surface area contributed by atoms with E-state index >= 15 is 0 Å². The lowest BCUT2D eigenvalue weighted by Crippen LogP contribution is -2.08. The Morgan fingerprint density at radius 3 is 2.61 bits per heavy atom. The Hall–Kier alpha value is -2.33. The van der Waals surface area contributed by atoms with E-state index in [2.05, 4.69) is 5.10 Å². The molecule has 0 spiro atoms. The lowest BCUT2D eigenvalue weighted by molar-refractivity contribution is 0.601. The zero-order valence-electron chi connectivity index (χ0n) is 9.53. The summed E-state index contributed by atoms with van der Waals surface area (Å²) < 4.78 is 24.6. The third kappa shape index (κ3) is 1.94. The number of nitrogens with zero attached hydrogens (tertiary/aromatic N) is 3. The molecule has 2 N–H and O–H groups in total. The van der Waals surface area contributed by atoms with Crippen LogP contribution in [0.15, 0.2) is 35.4 Å². The van der Waals surface area contributed by atoms with Crippen molar-refractivity contribution in [1.82, 2.24) is 9.78 Å². The van der Waals surface area contributed by atoms with Crippen LogP contribution >= 0.6 is 0 Å². The lowest BCUT2D eigenvalue weighted by Gasteiger charge is -2.08. The summed E-state index contributed by atoms with van der Waals surface area (Å²) >= 11 is 0. The Kier molecular flexibility index (Phi) is 2.80. The zero-order chi connectivity index (χ0) is 13.3. The summed E-state index contributed by atoms with van der Waals surface area (Å²) in [5, 5.41) is 12.7. The maximum absolute atomic E-state index is 11.7. The normalized spacial score (nSPS) is 11.1. The van der Waals surface area contributed by atoms with Crippen LogP contribution in [0.25, 0.3) is 5.69 Å². The molecule has 0 bridgehead atoms. The molecule has 1 heterocycles. The molecule has 0 unspecified atom stereocenters. The van der Waals surface area contributed by atoms with Gasteiger partial charge in [-0.1, -0.05) is 12.1 Å². The number of aromatic nitrogens is 2. The first-order chi connectivity index (χ1) is 8.45. The maximum Gasteiger partial charge on any atom is 0.177 e. The number of hydrogen-bond acceptors (Lipinski definition) is 5. The lowest BCUT2D eigenvalue weighted by atomic mass is 10.3. The van der Waals surface area contributed by atoms with Crippen LogP contribution < -0.4 is 5.73 Å². The highest BCUT2D eigenvalue weighted by Crippen LogP contribution is 2.23. The minimum Gasteiger partial charge on any atom is -0.382 e. The fourth-order valence-electron chi connectivity index (χ4n) is 1.58. The second-order valence-electron chi connectivity index (χ2n) is 3.71. The smallest absolute Gasteiger partial charge is 0.177 e. The molecule has 6 nitrogen and oxygen atoms in total. The number of para-hydroxylation sites is 1. The molecular weight excluding hydrogens is 252 g/mol. The average Bonchev–Trinajstić information content (AvgIpc) is 2.69. The van der Waals surface area contributed by atoms with Crippen molar-refractivity contribution in [2.75, 3.05) is 12.0 Å². The summed E-state index contributed by atoms with van der Waals surface area (Å²) in [7, 11) is -3.40. The second-order valence-corrected chi connectivity index (χ2v) is 5.69. The molecule has 18 heavy (non-hydrogen) atoms. The van der Waals surface area contributed by atoms with Crippen LogP contribution in [0.3, 0.4) is 0 Å². The van der Waals surface area contributed by atoms with Gasteiger partial charge in [-0.3, -0.25) is 0 Å². The van der Waals surface area contributed by atoms with Gasteiger partial charge in [-0.2, -0.15) is 10.4 Å². The van der Waals surface area contributed by atoms with Crippen LogP contribution in [0.5, 0.6) is 0 Å². The fourth-order valence-corrected chi connectivity index (χ4v) is 2.44. The van der Waals surface area contributed by atoms with Gasteiger partial charge in [-0.05, 0) is 12.1 Å². The first-order valence-electron chi connectivity index (χ1n) is 4.98. The van der Waals surface area contributed by atoms with Crippen molar-refractivity contribution in [2.45, 2.75) is 4.90 Å². The Labute approximate surface area is 104 Å². The topological polar surface area (TPSA) is 102 Å². The van der Waals surface area contributed by atoms with Crippen molar-refractivity contribution < 1.29 is 8.42 Å². The molecule has 0 radical (unpaired) electrons. The standard InChI is InChI=1S/C11H10N4O2S/c1-18(16,17)10-5-3-2-4-9(10)15-11(13)8(6-12)7-14-15/h2-5,7H,13H2,1H3. The molecule has 2 rings (SSSR count). The molecule has 0 aliphatic rings. The number of nitrogen functional groups attached to an aromatic ring is 1. The SMILES string of the molecule is CS(=O)(=O)c1ccccc1-n1ncc(C#N)c1N. The molecular formula is C11H10N4O2S. The first kappa shape index (κ1) is 12.1. The van der Waals surface area contributed by atoms with Crippen LogP contribution in [0, 0.1) is 11.3 Å². The summed E-state index contributed by atoms with van der Waals surface area (Å²) in [6, 6.07) is 8.23. The maximum atomic E-state index is 11.7. The van der Waals surface area contributed by atoms with E-state index < -0.39 is 9.84 Å². The van der Waals surface area contributed by atoms with Gasteiger partial charge < -0.3 is 5.73 Å². The van der Waals surface area contributed by atoms with E-state index in [0.29, 0.717) is 5.69 Å². The second kappa shape index (κ2) is 4.16. The summed E-state index contributed by atoms with van der Waals surface area (Å²) in [5.41, 5.74) is 6.28. The molecule has 7 heteroatoms. The molecule has 0 fully saturated rings. The van der Waals surface area contributed by atoms with Gasteiger partial charge in [0.15, 0.2) is 9.84 Å². The van der Waals surface area contributed by atoms with Gasteiger partial charge in [0.2, 0.25) is 0 Å². The van der Waals surface area contributed by atoms with Crippen molar-refractivity contribution in [3.63, 3.8) is 0 Å². The number of nitrogens with two attached hydrogens (primary N) is 1. The van der Waals surface area contributed by atoms with E-state index in [1.165, 1.54) is 16.9 Å². The van der Waals surface area contributed by atoms with E-state index in [1.54, 1.807) is 18.2 Å². The first-order valence-corrected chi connectivity index (χ1v) is 6.87. The molecule has 0 aliphatic heterocycles. The van der Waals surface area contributed by atoms with Gasteiger partial charge in [0.1, 0.15) is 17.5 Å². The van der Waals surface area contributed by atoms with Crippen molar-refractivity contribution in [3.05, 3.63) is 36.0 Å². The van der Waals surface area contributed by atoms with Gasteiger partial charge in [-0.25, -0.2) is 13.1 Å². The number of hydrogen-bond donors (Lipinski definition) is 1. The van der Waals surface area contributed by atoms with E-state index in [4.69, 9.17) is 11.0 Å². The predicted molar refractivity (Wildman–Crippen MR) is 65.8 cm³/mol. The van der Waals surface area contributed by atoms with Gasteiger partial charge in [0.05, 0.1) is 16.8 Å². The van der Waals surface area contributed by atoms with E-state index in [1.807, 2.05) is 6.07 Å². The number of anilines is 1. The number of nitriles is 1.